The summed E-state index contributed by atoms with van der Waals surface area (Å²) in [7, 11) is 0. The van der Waals surface area contributed by atoms with Crippen LogP contribution in [0.4, 0.5) is 5.69 Å². The minimum Gasteiger partial charge on any atom is -0.312 e. The van der Waals surface area contributed by atoms with Gasteiger partial charge in [0.15, 0.2) is 0 Å². The molecule has 0 fully saturated rings. The Balaban J connectivity index is 1.71. The highest BCUT2D eigenvalue weighted by atomic mass is 16.2. The molecule has 2 aromatic rings. The Morgan fingerprint density at radius 3 is 2.27 bits per heavy atom. The van der Waals surface area contributed by atoms with Gasteiger partial charge < -0.3 is 10.2 Å². The molecule has 3 nitrogen and oxygen atoms in total. The number of benzene rings is 2. The summed E-state index contributed by atoms with van der Waals surface area (Å²) >= 11 is 0. The van der Waals surface area contributed by atoms with Crippen LogP contribution in [0, 0.1) is 0 Å². The van der Waals surface area contributed by atoms with Crippen molar-refractivity contribution < 1.29 is 4.79 Å². The monoisotopic (exact) mass is 296 g/mol. The van der Waals surface area contributed by atoms with Crippen LogP contribution in [0.5, 0.6) is 0 Å². The zero-order valence-electron chi connectivity index (χ0n) is 13.2. The van der Waals surface area contributed by atoms with Crippen LogP contribution in [0.3, 0.4) is 0 Å². The first kappa shape index (κ1) is 16.2. The van der Waals surface area contributed by atoms with Crippen molar-refractivity contribution in [2.24, 2.45) is 0 Å². The van der Waals surface area contributed by atoms with Crippen LogP contribution in [-0.2, 0) is 11.2 Å². The number of nitrogens with zero attached hydrogens (tertiary/aromatic N) is 1. The van der Waals surface area contributed by atoms with Crippen LogP contribution in [0.25, 0.3) is 0 Å². The van der Waals surface area contributed by atoms with E-state index >= 15 is 0 Å². The topological polar surface area (TPSA) is 32.3 Å². The van der Waals surface area contributed by atoms with Crippen molar-refractivity contribution in [3.63, 3.8) is 0 Å². The minimum absolute atomic E-state index is 0.119. The van der Waals surface area contributed by atoms with E-state index in [2.05, 4.69) is 29.6 Å². The molecule has 0 saturated carbocycles. The van der Waals surface area contributed by atoms with Crippen molar-refractivity contribution >= 4 is 11.6 Å². The van der Waals surface area contributed by atoms with Crippen molar-refractivity contribution in [1.29, 1.82) is 0 Å². The summed E-state index contributed by atoms with van der Waals surface area (Å²) in [6.45, 7) is 3.93. The molecule has 0 atom stereocenters. The van der Waals surface area contributed by atoms with Gasteiger partial charge >= 0.3 is 0 Å². The molecule has 0 unspecified atom stereocenters. The zero-order chi connectivity index (χ0) is 15.6. The standard InChI is InChI=1S/C19H24N2O/c1-2-21(18-13-7-4-8-14-18)19(22)16-20-15-9-12-17-10-5-3-6-11-17/h3-8,10-11,13-14,20H,2,9,12,15-16H2,1H3. The maximum Gasteiger partial charge on any atom is 0.240 e. The lowest BCUT2D eigenvalue weighted by Gasteiger charge is -2.21. The van der Waals surface area contributed by atoms with Gasteiger partial charge in [0.1, 0.15) is 0 Å². The Kier molecular flexibility index (Phi) is 6.65. The summed E-state index contributed by atoms with van der Waals surface area (Å²) in [4.78, 5) is 14.1. The molecule has 2 aromatic carbocycles. The molecule has 0 bridgehead atoms. The highest BCUT2D eigenvalue weighted by Crippen LogP contribution is 2.12. The Morgan fingerprint density at radius 1 is 1.00 bits per heavy atom. The van der Waals surface area contributed by atoms with Crippen LogP contribution >= 0.6 is 0 Å². The van der Waals surface area contributed by atoms with Gasteiger partial charge in [-0.25, -0.2) is 0 Å². The highest BCUT2D eigenvalue weighted by molar-refractivity contribution is 5.94. The molecule has 2 rings (SSSR count). The average molecular weight is 296 g/mol. The molecule has 0 aliphatic heterocycles. The number of anilines is 1. The Bertz CT molecular complexity index is 554. The first-order chi connectivity index (χ1) is 10.8. The van der Waals surface area contributed by atoms with Crippen LogP contribution in [-0.4, -0.2) is 25.5 Å². The van der Waals surface area contributed by atoms with Gasteiger partial charge in [0.25, 0.3) is 0 Å². The summed E-state index contributed by atoms with van der Waals surface area (Å²) < 4.78 is 0. The van der Waals surface area contributed by atoms with Gasteiger partial charge in [0.2, 0.25) is 5.91 Å². The fraction of sp³-hybridized carbons (Fsp3) is 0.316. The third-order valence-corrected chi connectivity index (χ3v) is 3.62. The average Bonchev–Trinajstić information content (AvgIpc) is 2.57. The predicted molar refractivity (Wildman–Crippen MR) is 92.1 cm³/mol. The highest BCUT2D eigenvalue weighted by Gasteiger charge is 2.12. The van der Waals surface area contributed by atoms with Crippen molar-refractivity contribution in [2.45, 2.75) is 19.8 Å². The summed E-state index contributed by atoms with van der Waals surface area (Å²) in [6, 6.07) is 20.2. The van der Waals surface area contributed by atoms with Crippen molar-refractivity contribution in [3.8, 4) is 0 Å². The molecule has 3 heteroatoms. The molecule has 0 aromatic heterocycles. The van der Waals surface area contributed by atoms with E-state index in [-0.39, 0.29) is 5.91 Å². The smallest absolute Gasteiger partial charge is 0.240 e. The van der Waals surface area contributed by atoms with Crippen molar-refractivity contribution in [1.82, 2.24) is 5.32 Å². The maximum absolute atomic E-state index is 12.3. The molecule has 1 N–H and O–H groups in total. The van der Waals surface area contributed by atoms with E-state index in [0.717, 1.165) is 25.1 Å². The number of para-hydroxylation sites is 1. The fourth-order valence-corrected chi connectivity index (χ4v) is 2.46. The molecule has 0 spiro atoms. The number of rotatable bonds is 8. The molecule has 116 valence electrons. The molecule has 0 saturated heterocycles. The second-order valence-electron chi connectivity index (χ2n) is 5.24. The van der Waals surface area contributed by atoms with Crippen molar-refractivity contribution in [2.75, 3.05) is 24.5 Å². The Labute approximate surface area is 133 Å². The summed E-state index contributed by atoms with van der Waals surface area (Å²) in [5.74, 6) is 0.119. The number of carbonyl (C=O) groups is 1. The van der Waals surface area contributed by atoms with Gasteiger partial charge in [-0.15, -0.1) is 0 Å². The third-order valence-electron chi connectivity index (χ3n) is 3.62. The first-order valence-electron chi connectivity index (χ1n) is 7.91. The minimum atomic E-state index is 0.119. The number of hydrogen-bond donors (Lipinski definition) is 1. The summed E-state index contributed by atoms with van der Waals surface area (Å²) in [6.07, 6.45) is 2.08. The summed E-state index contributed by atoms with van der Waals surface area (Å²) in [5.41, 5.74) is 2.30. The van der Waals surface area contributed by atoms with Gasteiger partial charge in [-0.05, 0) is 44.0 Å². The molecule has 0 heterocycles. The SMILES string of the molecule is CCN(C(=O)CNCCCc1ccccc1)c1ccccc1. The second kappa shape index (κ2) is 9.00. The molecular formula is C19H24N2O. The maximum atomic E-state index is 12.3. The Morgan fingerprint density at radius 2 is 1.64 bits per heavy atom. The second-order valence-corrected chi connectivity index (χ2v) is 5.24. The molecule has 0 aliphatic carbocycles. The van der Waals surface area contributed by atoms with Gasteiger partial charge in [0, 0.05) is 12.2 Å². The lowest BCUT2D eigenvalue weighted by molar-refractivity contribution is -0.117. The van der Waals surface area contributed by atoms with E-state index < -0.39 is 0 Å². The third kappa shape index (κ3) is 5.01. The molecule has 22 heavy (non-hydrogen) atoms. The number of aryl methyl sites for hydroxylation is 1. The van der Waals surface area contributed by atoms with E-state index in [4.69, 9.17) is 0 Å². The van der Waals surface area contributed by atoms with E-state index in [1.165, 1.54) is 5.56 Å². The number of nitrogens with one attached hydrogen (secondary N) is 1. The number of amides is 1. The van der Waals surface area contributed by atoms with E-state index in [9.17, 15) is 4.79 Å². The van der Waals surface area contributed by atoms with Gasteiger partial charge in [-0.2, -0.15) is 0 Å². The molecule has 0 aliphatic rings. The van der Waals surface area contributed by atoms with Gasteiger partial charge in [-0.1, -0.05) is 48.5 Å². The van der Waals surface area contributed by atoms with Crippen molar-refractivity contribution in [3.05, 3.63) is 66.2 Å². The van der Waals surface area contributed by atoms with E-state index in [1.54, 1.807) is 0 Å². The number of hydrogen-bond acceptors (Lipinski definition) is 2. The lowest BCUT2D eigenvalue weighted by Crippen LogP contribution is -2.38. The lowest BCUT2D eigenvalue weighted by atomic mass is 10.1. The van der Waals surface area contributed by atoms with Crippen LogP contribution in [0.1, 0.15) is 18.9 Å². The van der Waals surface area contributed by atoms with Gasteiger partial charge in [0.05, 0.1) is 6.54 Å². The van der Waals surface area contributed by atoms with Crippen LogP contribution in [0.2, 0.25) is 0 Å². The number of likely N-dealkylation sites (N-methyl/N-ethyl adjacent to an activating group) is 1. The largest absolute Gasteiger partial charge is 0.312 e. The van der Waals surface area contributed by atoms with Crippen LogP contribution < -0.4 is 10.2 Å². The number of carbonyl (C=O) groups excluding carboxylic acids is 1. The zero-order valence-corrected chi connectivity index (χ0v) is 13.2. The summed E-state index contributed by atoms with van der Waals surface area (Å²) in [5, 5.41) is 3.25. The fourth-order valence-electron chi connectivity index (χ4n) is 2.46. The van der Waals surface area contributed by atoms with E-state index in [1.807, 2.05) is 48.2 Å². The van der Waals surface area contributed by atoms with Gasteiger partial charge in [-0.3, -0.25) is 4.79 Å². The molecule has 1 amide bonds. The van der Waals surface area contributed by atoms with Crippen LogP contribution in [0.15, 0.2) is 60.7 Å². The molecular weight excluding hydrogens is 272 g/mol. The Hall–Kier alpha value is -2.13. The normalized spacial score (nSPS) is 10.4. The first-order valence-corrected chi connectivity index (χ1v) is 7.91. The van der Waals surface area contributed by atoms with E-state index in [0.29, 0.717) is 13.1 Å². The predicted octanol–water partition coefficient (Wildman–Crippen LogP) is 3.26. The quantitative estimate of drug-likeness (QED) is 0.758. The molecule has 0 radical (unpaired) electrons.